The Hall–Kier alpha value is -0.610. The molecule has 0 spiro atoms. The van der Waals surface area contributed by atoms with Crippen molar-refractivity contribution in [3.8, 4) is 0 Å². The Bertz CT molecular complexity index is 220. The third-order valence-corrected chi connectivity index (χ3v) is 3.53. The second kappa shape index (κ2) is 6.86. The van der Waals surface area contributed by atoms with E-state index < -0.39 is 0 Å². The van der Waals surface area contributed by atoms with Crippen molar-refractivity contribution in [2.45, 2.75) is 39.2 Å². The average Bonchev–Trinajstić information content (AvgIpc) is 2.28. The van der Waals surface area contributed by atoms with Gasteiger partial charge in [-0.2, -0.15) is 0 Å². The number of carbonyl (C=O) groups excluding carboxylic acids is 1. The van der Waals surface area contributed by atoms with E-state index in [9.17, 15) is 4.79 Å². The summed E-state index contributed by atoms with van der Waals surface area (Å²) in [5.41, 5.74) is 5.11. The van der Waals surface area contributed by atoms with Crippen molar-refractivity contribution in [3.05, 3.63) is 0 Å². The van der Waals surface area contributed by atoms with E-state index in [0.29, 0.717) is 24.9 Å². The Morgan fingerprint density at radius 2 is 2.38 bits per heavy atom. The van der Waals surface area contributed by atoms with Crippen LogP contribution in [0.2, 0.25) is 0 Å². The largest absolute Gasteiger partial charge is 0.370 e. The molecule has 4 heteroatoms. The second-order valence-electron chi connectivity index (χ2n) is 4.75. The van der Waals surface area contributed by atoms with Crippen molar-refractivity contribution in [1.82, 2.24) is 10.2 Å². The number of rotatable bonds is 6. The van der Waals surface area contributed by atoms with E-state index in [1.807, 2.05) is 0 Å². The zero-order chi connectivity index (χ0) is 12.0. The first kappa shape index (κ1) is 13.5. The van der Waals surface area contributed by atoms with E-state index in [2.05, 4.69) is 24.1 Å². The van der Waals surface area contributed by atoms with Gasteiger partial charge in [-0.05, 0) is 38.8 Å². The van der Waals surface area contributed by atoms with Crippen molar-refractivity contribution in [2.24, 2.45) is 11.7 Å². The normalized spacial score (nSPS) is 24.2. The molecule has 0 saturated carbocycles. The van der Waals surface area contributed by atoms with Crippen LogP contribution in [0.4, 0.5) is 0 Å². The van der Waals surface area contributed by atoms with Gasteiger partial charge in [-0.15, -0.1) is 0 Å². The molecule has 2 unspecified atom stereocenters. The monoisotopic (exact) mass is 227 g/mol. The number of nitrogens with one attached hydrogen (secondary N) is 1. The van der Waals surface area contributed by atoms with Crippen LogP contribution in [-0.2, 0) is 4.79 Å². The Balaban J connectivity index is 2.24. The van der Waals surface area contributed by atoms with Crippen molar-refractivity contribution in [2.75, 3.05) is 26.2 Å². The van der Waals surface area contributed by atoms with Gasteiger partial charge in [0.2, 0.25) is 5.91 Å². The highest BCUT2D eigenvalue weighted by molar-refractivity contribution is 5.73. The SMILES string of the molecule is CCN1CCCC(C(C)NCCC(N)=O)C1. The number of likely N-dealkylation sites (tertiary alicyclic amines) is 1. The van der Waals surface area contributed by atoms with Gasteiger partial charge in [0, 0.05) is 25.6 Å². The highest BCUT2D eigenvalue weighted by atomic mass is 16.1. The molecule has 1 heterocycles. The molecule has 0 aromatic carbocycles. The molecule has 0 radical (unpaired) electrons. The van der Waals surface area contributed by atoms with Gasteiger partial charge in [-0.1, -0.05) is 6.92 Å². The van der Waals surface area contributed by atoms with E-state index >= 15 is 0 Å². The zero-order valence-corrected chi connectivity index (χ0v) is 10.5. The first-order chi connectivity index (χ1) is 7.63. The summed E-state index contributed by atoms with van der Waals surface area (Å²) in [5, 5.41) is 3.40. The molecule has 1 saturated heterocycles. The average molecular weight is 227 g/mol. The van der Waals surface area contributed by atoms with Crippen LogP contribution in [0.5, 0.6) is 0 Å². The van der Waals surface area contributed by atoms with Crippen LogP contribution in [0.25, 0.3) is 0 Å². The predicted molar refractivity (Wildman–Crippen MR) is 66.1 cm³/mol. The van der Waals surface area contributed by atoms with Gasteiger partial charge >= 0.3 is 0 Å². The van der Waals surface area contributed by atoms with Crippen molar-refractivity contribution in [3.63, 3.8) is 0 Å². The fourth-order valence-corrected chi connectivity index (χ4v) is 2.38. The molecule has 3 N–H and O–H groups in total. The molecule has 1 fully saturated rings. The maximum Gasteiger partial charge on any atom is 0.218 e. The summed E-state index contributed by atoms with van der Waals surface area (Å²) in [6.45, 7) is 8.70. The third-order valence-electron chi connectivity index (χ3n) is 3.53. The van der Waals surface area contributed by atoms with Gasteiger partial charge in [0.1, 0.15) is 0 Å². The number of nitrogens with two attached hydrogens (primary N) is 1. The summed E-state index contributed by atoms with van der Waals surface area (Å²) in [5.74, 6) is 0.486. The van der Waals surface area contributed by atoms with Crippen molar-refractivity contribution in [1.29, 1.82) is 0 Å². The summed E-state index contributed by atoms with van der Waals surface area (Å²) < 4.78 is 0. The lowest BCUT2D eigenvalue weighted by Gasteiger charge is -2.35. The Kier molecular flexibility index (Phi) is 5.77. The molecule has 1 rings (SSSR count). The third kappa shape index (κ3) is 4.49. The van der Waals surface area contributed by atoms with Gasteiger partial charge < -0.3 is 16.0 Å². The van der Waals surface area contributed by atoms with Gasteiger partial charge in [0.25, 0.3) is 0 Å². The molecule has 2 atom stereocenters. The summed E-state index contributed by atoms with van der Waals surface area (Å²) in [4.78, 5) is 13.1. The lowest BCUT2D eigenvalue weighted by atomic mass is 9.91. The van der Waals surface area contributed by atoms with Gasteiger partial charge in [0.15, 0.2) is 0 Å². The minimum atomic E-state index is -0.224. The Morgan fingerprint density at radius 3 is 3.00 bits per heavy atom. The quantitative estimate of drug-likeness (QED) is 0.697. The summed E-state index contributed by atoms with van der Waals surface area (Å²) in [6, 6.07) is 0.480. The first-order valence-electron chi connectivity index (χ1n) is 6.37. The molecule has 0 aliphatic carbocycles. The second-order valence-corrected chi connectivity index (χ2v) is 4.75. The fourth-order valence-electron chi connectivity index (χ4n) is 2.38. The number of hydrogen-bond acceptors (Lipinski definition) is 3. The van der Waals surface area contributed by atoms with Crippen LogP contribution in [-0.4, -0.2) is 43.0 Å². The maximum atomic E-state index is 10.6. The fraction of sp³-hybridized carbons (Fsp3) is 0.917. The van der Waals surface area contributed by atoms with Gasteiger partial charge in [-0.25, -0.2) is 0 Å². The number of piperidine rings is 1. The lowest BCUT2D eigenvalue weighted by Crippen LogP contribution is -2.44. The number of carbonyl (C=O) groups is 1. The first-order valence-corrected chi connectivity index (χ1v) is 6.37. The number of hydrogen-bond donors (Lipinski definition) is 2. The number of amides is 1. The topological polar surface area (TPSA) is 58.4 Å². The lowest BCUT2D eigenvalue weighted by molar-refractivity contribution is -0.117. The predicted octanol–water partition coefficient (Wildman–Crippen LogP) is 0.572. The Labute approximate surface area is 98.6 Å². The highest BCUT2D eigenvalue weighted by Gasteiger charge is 2.23. The zero-order valence-electron chi connectivity index (χ0n) is 10.5. The van der Waals surface area contributed by atoms with E-state index in [-0.39, 0.29) is 5.91 Å². The molecule has 1 amide bonds. The number of nitrogens with zero attached hydrogens (tertiary/aromatic N) is 1. The van der Waals surface area contributed by atoms with Gasteiger partial charge in [-0.3, -0.25) is 4.79 Å². The summed E-state index contributed by atoms with van der Waals surface area (Å²) in [7, 11) is 0. The van der Waals surface area contributed by atoms with Crippen LogP contribution in [0.15, 0.2) is 0 Å². The standard InChI is InChI=1S/C12H25N3O/c1-3-15-8-4-5-11(9-15)10(2)14-7-6-12(13)16/h10-11,14H,3-9H2,1-2H3,(H2,13,16). The summed E-state index contributed by atoms with van der Waals surface area (Å²) >= 11 is 0. The molecular formula is C12H25N3O. The molecule has 0 bridgehead atoms. The maximum absolute atomic E-state index is 10.6. The molecule has 1 aliphatic rings. The Morgan fingerprint density at radius 1 is 1.62 bits per heavy atom. The van der Waals surface area contributed by atoms with E-state index in [1.165, 1.54) is 25.9 Å². The van der Waals surface area contributed by atoms with Crippen LogP contribution in [0.3, 0.4) is 0 Å². The minimum absolute atomic E-state index is 0.224. The van der Waals surface area contributed by atoms with Gasteiger partial charge in [0.05, 0.1) is 0 Å². The van der Waals surface area contributed by atoms with Crippen LogP contribution in [0.1, 0.15) is 33.1 Å². The molecule has 1 aliphatic heterocycles. The van der Waals surface area contributed by atoms with Crippen LogP contribution < -0.4 is 11.1 Å². The van der Waals surface area contributed by atoms with E-state index in [0.717, 1.165) is 6.54 Å². The van der Waals surface area contributed by atoms with Crippen molar-refractivity contribution < 1.29 is 4.79 Å². The van der Waals surface area contributed by atoms with Crippen molar-refractivity contribution >= 4 is 5.91 Å². The smallest absolute Gasteiger partial charge is 0.218 e. The molecule has 0 aromatic heterocycles. The minimum Gasteiger partial charge on any atom is -0.370 e. The van der Waals surface area contributed by atoms with E-state index in [4.69, 9.17) is 5.73 Å². The van der Waals surface area contributed by atoms with Crippen LogP contribution in [0, 0.1) is 5.92 Å². The van der Waals surface area contributed by atoms with E-state index in [1.54, 1.807) is 0 Å². The highest BCUT2D eigenvalue weighted by Crippen LogP contribution is 2.19. The molecule has 0 aromatic rings. The molecule has 16 heavy (non-hydrogen) atoms. The summed E-state index contributed by atoms with van der Waals surface area (Å²) in [6.07, 6.45) is 3.02. The molecular weight excluding hydrogens is 202 g/mol. The molecule has 4 nitrogen and oxygen atoms in total. The number of primary amides is 1. The van der Waals surface area contributed by atoms with Crippen LogP contribution >= 0.6 is 0 Å². The molecule has 94 valence electrons.